The van der Waals surface area contributed by atoms with Crippen molar-refractivity contribution in [1.82, 2.24) is 14.5 Å². The molecule has 21 heavy (non-hydrogen) atoms. The van der Waals surface area contributed by atoms with E-state index in [2.05, 4.69) is 14.6 Å². The molecule has 0 saturated heterocycles. The van der Waals surface area contributed by atoms with E-state index in [0.717, 1.165) is 0 Å². The average molecular weight is 317 g/mol. The molecule has 9 heteroatoms. The maximum atomic E-state index is 12.3. The van der Waals surface area contributed by atoms with Crippen LogP contribution in [0.1, 0.15) is 5.56 Å². The molecule has 0 aliphatic heterocycles. The third kappa shape index (κ3) is 3.99. The Hall–Kier alpha value is -2.00. The topological polar surface area (TPSA) is 73.2 Å². The van der Waals surface area contributed by atoms with Gasteiger partial charge in [0.2, 0.25) is 10.0 Å². The molecule has 0 saturated carbocycles. The van der Waals surface area contributed by atoms with Gasteiger partial charge >= 0.3 is 6.61 Å². The average Bonchev–Trinajstić information content (AvgIpc) is 2.85. The Labute approximate surface area is 120 Å². The maximum Gasteiger partial charge on any atom is 0.387 e. The van der Waals surface area contributed by atoms with Gasteiger partial charge < -0.3 is 4.74 Å². The zero-order valence-corrected chi connectivity index (χ0v) is 11.8. The highest BCUT2D eigenvalue weighted by molar-refractivity contribution is 7.89. The molecule has 1 aromatic heterocycles. The molecule has 2 rings (SSSR count). The van der Waals surface area contributed by atoms with Crippen molar-refractivity contribution in [3.05, 3.63) is 42.2 Å². The summed E-state index contributed by atoms with van der Waals surface area (Å²) >= 11 is 0. The summed E-state index contributed by atoms with van der Waals surface area (Å²) in [6.45, 7) is -3.14. The van der Waals surface area contributed by atoms with Crippen LogP contribution >= 0.6 is 0 Å². The van der Waals surface area contributed by atoms with E-state index in [9.17, 15) is 17.2 Å². The summed E-state index contributed by atoms with van der Waals surface area (Å²) < 4.78 is 56.5. The first kappa shape index (κ1) is 15.4. The number of halogens is 2. The molecule has 114 valence electrons. The van der Waals surface area contributed by atoms with E-state index in [0.29, 0.717) is 5.56 Å². The minimum absolute atomic E-state index is 0.00254. The number of rotatable bonds is 6. The van der Waals surface area contributed by atoms with Crippen molar-refractivity contribution in [1.29, 1.82) is 0 Å². The first-order valence-electron chi connectivity index (χ1n) is 5.89. The lowest BCUT2D eigenvalue weighted by Gasteiger charge is -2.11. The molecule has 0 radical (unpaired) electrons. The lowest BCUT2D eigenvalue weighted by molar-refractivity contribution is -0.0504. The van der Waals surface area contributed by atoms with E-state index in [1.807, 2.05) is 0 Å². The van der Waals surface area contributed by atoms with Gasteiger partial charge in [0, 0.05) is 25.4 Å². The molecule has 0 atom stereocenters. The molecule has 1 heterocycles. The van der Waals surface area contributed by atoms with Gasteiger partial charge in [-0.25, -0.2) is 13.1 Å². The summed E-state index contributed by atoms with van der Waals surface area (Å²) in [6.07, 6.45) is 2.54. The lowest BCUT2D eigenvalue weighted by Crippen LogP contribution is -2.23. The van der Waals surface area contributed by atoms with Crippen LogP contribution in [0.5, 0.6) is 5.75 Å². The first-order chi connectivity index (χ1) is 9.88. The number of benzene rings is 1. The van der Waals surface area contributed by atoms with Gasteiger partial charge in [-0.15, -0.1) is 0 Å². The van der Waals surface area contributed by atoms with E-state index in [4.69, 9.17) is 0 Å². The Kier molecular flexibility index (Phi) is 4.53. The Morgan fingerprint density at radius 1 is 1.38 bits per heavy atom. The lowest BCUT2D eigenvalue weighted by atomic mass is 10.2. The number of aryl methyl sites for hydroxylation is 1. The fourth-order valence-electron chi connectivity index (χ4n) is 1.65. The third-order valence-corrected chi connectivity index (χ3v) is 3.99. The molecule has 0 amide bonds. The number of ether oxygens (including phenoxy) is 1. The largest absolute Gasteiger partial charge is 0.434 e. The summed E-state index contributed by atoms with van der Waals surface area (Å²) in [5, 5.41) is 3.77. The van der Waals surface area contributed by atoms with E-state index in [-0.39, 0.29) is 17.2 Å². The predicted molar refractivity (Wildman–Crippen MR) is 70.3 cm³/mol. The number of nitrogens with zero attached hydrogens (tertiary/aromatic N) is 2. The second-order valence-corrected chi connectivity index (χ2v) is 5.93. The summed E-state index contributed by atoms with van der Waals surface area (Å²) in [5.74, 6) is -0.0682. The van der Waals surface area contributed by atoms with Gasteiger partial charge in [-0.3, -0.25) is 4.68 Å². The molecule has 1 N–H and O–H groups in total. The van der Waals surface area contributed by atoms with Gasteiger partial charge in [0.05, 0.1) is 6.20 Å². The molecule has 0 spiro atoms. The highest BCUT2D eigenvalue weighted by Crippen LogP contribution is 2.20. The number of hydrogen-bond acceptors (Lipinski definition) is 4. The zero-order chi connectivity index (χ0) is 15.5. The summed E-state index contributed by atoms with van der Waals surface area (Å²) in [7, 11) is -2.17. The van der Waals surface area contributed by atoms with Crippen LogP contribution < -0.4 is 9.46 Å². The SMILES string of the molecule is Cn1cc(S(=O)(=O)NCc2ccccc2OC(F)F)cn1. The third-order valence-electron chi connectivity index (χ3n) is 2.63. The Morgan fingerprint density at radius 3 is 2.71 bits per heavy atom. The highest BCUT2D eigenvalue weighted by atomic mass is 32.2. The van der Waals surface area contributed by atoms with Crippen LogP contribution in [0.3, 0.4) is 0 Å². The molecule has 0 aliphatic rings. The molecule has 0 unspecified atom stereocenters. The summed E-state index contributed by atoms with van der Waals surface area (Å²) in [5.41, 5.74) is 0.310. The Balaban J connectivity index is 2.13. The van der Waals surface area contributed by atoms with Gasteiger partial charge in [0.25, 0.3) is 0 Å². The van der Waals surface area contributed by atoms with Crippen molar-refractivity contribution in [3.63, 3.8) is 0 Å². The fourth-order valence-corrected chi connectivity index (χ4v) is 2.64. The van der Waals surface area contributed by atoms with Crippen molar-refractivity contribution >= 4 is 10.0 Å². The van der Waals surface area contributed by atoms with Gasteiger partial charge in [-0.2, -0.15) is 13.9 Å². The number of nitrogens with one attached hydrogen (secondary N) is 1. The molecule has 2 aromatic rings. The van der Waals surface area contributed by atoms with Crippen molar-refractivity contribution < 1.29 is 21.9 Å². The van der Waals surface area contributed by atoms with Gasteiger partial charge in [-0.1, -0.05) is 18.2 Å². The van der Waals surface area contributed by atoms with Crippen molar-refractivity contribution in [2.45, 2.75) is 18.1 Å². The molecule has 0 aliphatic carbocycles. The second kappa shape index (κ2) is 6.19. The smallest absolute Gasteiger partial charge is 0.387 e. The number of alkyl halides is 2. The van der Waals surface area contributed by atoms with Crippen LogP contribution in [0.2, 0.25) is 0 Å². The molecular weight excluding hydrogens is 304 g/mol. The minimum atomic E-state index is -3.76. The van der Waals surface area contributed by atoms with Crippen LogP contribution in [0.25, 0.3) is 0 Å². The van der Waals surface area contributed by atoms with Crippen LogP contribution in [0.4, 0.5) is 8.78 Å². The number of para-hydroxylation sites is 1. The standard InChI is InChI=1S/C12H13F2N3O3S/c1-17-8-10(7-15-17)21(18,19)16-6-9-4-2-3-5-11(9)20-12(13)14/h2-5,7-8,12,16H,6H2,1H3. The molecule has 1 aromatic carbocycles. The first-order valence-corrected chi connectivity index (χ1v) is 7.38. The van der Waals surface area contributed by atoms with Gasteiger partial charge in [0.15, 0.2) is 0 Å². The van der Waals surface area contributed by atoms with E-state index >= 15 is 0 Å². The van der Waals surface area contributed by atoms with Crippen molar-refractivity contribution in [2.75, 3.05) is 0 Å². The maximum absolute atomic E-state index is 12.3. The fraction of sp³-hybridized carbons (Fsp3) is 0.250. The Morgan fingerprint density at radius 2 is 2.10 bits per heavy atom. The van der Waals surface area contributed by atoms with Crippen LogP contribution in [-0.2, 0) is 23.6 Å². The van der Waals surface area contributed by atoms with Crippen LogP contribution in [0.15, 0.2) is 41.6 Å². The zero-order valence-electron chi connectivity index (χ0n) is 11.0. The Bertz CT molecular complexity index is 716. The monoisotopic (exact) mass is 317 g/mol. The van der Waals surface area contributed by atoms with E-state index < -0.39 is 16.6 Å². The quantitative estimate of drug-likeness (QED) is 0.876. The molecule has 0 fully saturated rings. The van der Waals surface area contributed by atoms with Crippen molar-refractivity contribution in [3.8, 4) is 5.75 Å². The highest BCUT2D eigenvalue weighted by Gasteiger charge is 2.17. The van der Waals surface area contributed by atoms with E-state index in [1.165, 1.54) is 35.3 Å². The van der Waals surface area contributed by atoms with E-state index in [1.54, 1.807) is 13.1 Å². The van der Waals surface area contributed by atoms with Crippen LogP contribution in [0, 0.1) is 0 Å². The van der Waals surface area contributed by atoms with Crippen molar-refractivity contribution in [2.24, 2.45) is 7.05 Å². The van der Waals surface area contributed by atoms with Gasteiger partial charge in [-0.05, 0) is 6.07 Å². The molecule has 6 nitrogen and oxygen atoms in total. The predicted octanol–water partition coefficient (Wildman–Crippen LogP) is 1.50. The summed E-state index contributed by atoms with van der Waals surface area (Å²) in [6, 6.07) is 5.98. The number of hydrogen-bond donors (Lipinski definition) is 1. The van der Waals surface area contributed by atoms with Crippen LogP contribution in [-0.4, -0.2) is 24.8 Å². The molecule has 0 bridgehead atoms. The number of sulfonamides is 1. The van der Waals surface area contributed by atoms with Gasteiger partial charge in [0.1, 0.15) is 10.6 Å². The normalized spacial score (nSPS) is 11.8. The minimum Gasteiger partial charge on any atom is -0.434 e. The summed E-state index contributed by atoms with van der Waals surface area (Å²) in [4.78, 5) is -0.00254. The molecular formula is C12H13F2N3O3S. The second-order valence-electron chi connectivity index (χ2n) is 4.16. The number of aromatic nitrogens is 2.